The quantitative estimate of drug-likeness (QED) is 0.269. The van der Waals surface area contributed by atoms with Crippen LogP contribution in [0.4, 0.5) is 0 Å². The minimum atomic E-state index is -4.48. The van der Waals surface area contributed by atoms with Gasteiger partial charge in [-0.05, 0) is 53.6 Å². The van der Waals surface area contributed by atoms with E-state index in [-0.39, 0.29) is 56.3 Å². The fourth-order valence-electron chi connectivity index (χ4n) is 4.03. The monoisotopic (exact) mass is 442 g/mol. The minimum absolute atomic E-state index is 0. The van der Waals surface area contributed by atoms with Gasteiger partial charge >= 0.3 is 51.4 Å². The minimum Gasteiger partial charge on any atom is -0.744 e. The second kappa shape index (κ2) is 14.3. The van der Waals surface area contributed by atoms with Crippen LogP contribution in [0, 0.1) is 0 Å². The van der Waals surface area contributed by atoms with Crippen LogP contribution < -0.4 is 51.4 Å². The second-order valence-electron chi connectivity index (χ2n) is 7.84. The fourth-order valence-corrected chi connectivity index (χ4v) is 4.83. The van der Waals surface area contributed by atoms with E-state index in [9.17, 15) is 13.0 Å². The molecule has 0 atom stereocenters. The van der Waals surface area contributed by atoms with Gasteiger partial charge in [0.25, 0.3) is 0 Å². The molecule has 0 bridgehead atoms. The molecule has 0 unspecified atom stereocenters. The van der Waals surface area contributed by atoms with Crippen molar-refractivity contribution in [1.82, 2.24) is 0 Å². The van der Waals surface area contributed by atoms with Crippen molar-refractivity contribution in [2.75, 3.05) is 0 Å². The van der Waals surface area contributed by atoms with Crippen LogP contribution in [0.5, 0.6) is 0 Å². The Morgan fingerprint density at radius 1 is 0.759 bits per heavy atom. The van der Waals surface area contributed by atoms with E-state index in [0.29, 0.717) is 6.42 Å². The molecule has 0 N–H and O–H groups in total. The summed E-state index contributed by atoms with van der Waals surface area (Å²) in [7, 11) is -4.48. The number of rotatable bonds is 13. The Bertz CT molecular complexity index is 847. The van der Waals surface area contributed by atoms with Crippen LogP contribution in [-0.2, 0) is 23.0 Å². The first-order valence-corrected chi connectivity index (χ1v) is 12.4. The van der Waals surface area contributed by atoms with Crippen molar-refractivity contribution in [3.63, 3.8) is 0 Å². The molecule has 0 saturated heterocycles. The van der Waals surface area contributed by atoms with Gasteiger partial charge in [-0.15, -0.1) is 0 Å². The molecule has 2 rings (SSSR count). The third-order valence-electron chi connectivity index (χ3n) is 5.56. The summed E-state index contributed by atoms with van der Waals surface area (Å²) in [6.07, 6.45) is 12.9. The number of hydrogen-bond donors (Lipinski definition) is 0. The second-order valence-corrected chi connectivity index (χ2v) is 9.18. The smallest absolute Gasteiger partial charge is 0.744 e. The molecule has 5 heteroatoms. The molecular formula is C24H35KO3S. The standard InChI is InChI=1S/C24H36O3S.K/c1-3-5-7-9-11-17-22-21-16-14-13-15-20(21)19-24(28(25,26)27)23(22)18-12-10-8-6-4-2;/h13-16,19H,3-12,17-18H2,1-2H3,(H,25,26,27);/q;+1/p-1. The van der Waals surface area contributed by atoms with Gasteiger partial charge in [-0.25, -0.2) is 8.42 Å². The van der Waals surface area contributed by atoms with E-state index in [2.05, 4.69) is 19.9 Å². The molecule has 0 aliphatic rings. The molecule has 0 radical (unpaired) electrons. The molecule has 0 spiro atoms. The molecule has 0 aromatic heterocycles. The van der Waals surface area contributed by atoms with Crippen LogP contribution in [-0.4, -0.2) is 13.0 Å². The topological polar surface area (TPSA) is 57.2 Å². The van der Waals surface area contributed by atoms with E-state index in [1.165, 1.54) is 32.1 Å². The Balaban J connectivity index is 0.00000420. The maximum atomic E-state index is 12.0. The maximum absolute atomic E-state index is 12.0. The van der Waals surface area contributed by atoms with E-state index in [1.54, 1.807) is 6.07 Å². The third kappa shape index (κ3) is 8.72. The van der Waals surface area contributed by atoms with Crippen LogP contribution in [0.2, 0.25) is 0 Å². The molecule has 2 aromatic carbocycles. The average Bonchev–Trinajstić information content (AvgIpc) is 2.67. The normalized spacial score (nSPS) is 11.6. The number of unbranched alkanes of at least 4 members (excludes halogenated alkanes) is 8. The Morgan fingerprint density at radius 2 is 1.28 bits per heavy atom. The van der Waals surface area contributed by atoms with Crippen LogP contribution in [0.25, 0.3) is 10.8 Å². The van der Waals surface area contributed by atoms with Gasteiger partial charge in [-0.2, -0.15) is 0 Å². The van der Waals surface area contributed by atoms with Crippen LogP contribution >= 0.6 is 0 Å². The van der Waals surface area contributed by atoms with Gasteiger partial charge in [0.2, 0.25) is 0 Å². The van der Waals surface area contributed by atoms with E-state index in [4.69, 9.17) is 0 Å². The van der Waals surface area contributed by atoms with Crippen molar-refractivity contribution in [2.45, 2.75) is 95.8 Å². The van der Waals surface area contributed by atoms with Crippen molar-refractivity contribution < 1.29 is 64.4 Å². The molecule has 0 saturated carbocycles. The Morgan fingerprint density at radius 3 is 1.83 bits per heavy atom. The van der Waals surface area contributed by atoms with Gasteiger partial charge < -0.3 is 4.55 Å². The Hall–Kier alpha value is 0.246. The van der Waals surface area contributed by atoms with Gasteiger partial charge in [0.15, 0.2) is 0 Å². The summed E-state index contributed by atoms with van der Waals surface area (Å²) >= 11 is 0. The first kappa shape index (κ1) is 27.3. The van der Waals surface area contributed by atoms with Crippen molar-refractivity contribution in [3.8, 4) is 0 Å². The summed E-state index contributed by atoms with van der Waals surface area (Å²) in [5, 5.41) is 1.96. The van der Waals surface area contributed by atoms with Gasteiger partial charge in [-0.1, -0.05) is 89.5 Å². The van der Waals surface area contributed by atoms with Gasteiger partial charge in [0.05, 0.1) is 4.90 Å². The molecule has 0 fully saturated rings. The van der Waals surface area contributed by atoms with E-state index in [1.807, 2.05) is 18.2 Å². The number of fused-ring (bicyclic) bond motifs is 1. The predicted octanol–water partition coefficient (Wildman–Crippen LogP) is 3.77. The van der Waals surface area contributed by atoms with E-state index >= 15 is 0 Å². The fraction of sp³-hybridized carbons (Fsp3) is 0.583. The summed E-state index contributed by atoms with van der Waals surface area (Å²) in [5.41, 5.74) is 1.86. The average molecular weight is 443 g/mol. The summed E-state index contributed by atoms with van der Waals surface area (Å²) in [6.45, 7) is 4.38. The molecule has 156 valence electrons. The van der Waals surface area contributed by atoms with Gasteiger partial charge in [0, 0.05) is 0 Å². The summed E-state index contributed by atoms with van der Waals surface area (Å²) in [4.78, 5) is 0.00486. The van der Waals surface area contributed by atoms with Crippen LogP contribution in [0.3, 0.4) is 0 Å². The van der Waals surface area contributed by atoms with Gasteiger partial charge in [0.1, 0.15) is 10.1 Å². The van der Waals surface area contributed by atoms with E-state index < -0.39 is 10.1 Å². The number of hydrogen-bond acceptors (Lipinski definition) is 3. The molecule has 29 heavy (non-hydrogen) atoms. The molecule has 3 nitrogen and oxygen atoms in total. The van der Waals surface area contributed by atoms with Gasteiger partial charge in [-0.3, -0.25) is 0 Å². The summed E-state index contributed by atoms with van der Waals surface area (Å²) in [6, 6.07) is 9.48. The Kier molecular flexibility index (Phi) is 13.5. The van der Waals surface area contributed by atoms with Crippen LogP contribution in [0.1, 0.15) is 89.2 Å². The largest absolute Gasteiger partial charge is 1.00 e. The molecule has 0 amide bonds. The molecule has 0 heterocycles. The number of benzene rings is 2. The zero-order chi connectivity index (χ0) is 20.4. The summed E-state index contributed by atoms with van der Waals surface area (Å²) in [5.74, 6) is 0. The van der Waals surface area contributed by atoms with Crippen molar-refractivity contribution in [2.24, 2.45) is 0 Å². The maximum Gasteiger partial charge on any atom is 1.00 e. The van der Waals surface area contributed by atoms with Crippen molar-refractivity contribution >= 4 is 20.9 Å². The molecule has 0 aliphatic heterocycles. The van der Waals surface area contributed by atoms with E-state index in [0.717, 1.165) is 60.4 Å². The molecule has 0 aliphatic carbocycles. The third-order valence-corrected chi connectivity index (χ3v) is 6.47. The first-order chi connectivity index (χ1) is 13.5. The first-order valence-electron chi connectivity index (χ1n) is 11.0. The summed E-state index contributed by atoms with van der Waals surface area (Å²) < 4.78 is 36.1. The predicted molar refractivity (Wildman–Crippen MR) is 117 cm³/mol. The molecule has 2 aromatic rings. The number of aryl methyl sites for hydroxylation is 1. The Labute approximate surface area is 220 Å². The van der Waals surface area contributed by atoms with Crippen LogP contribution in [0.15, 0.2) is 35.2 Å². The molecular weight excluding hydrogens is 407 g/mol. The zero-order valence-electron chi connectivity index (χ0n) is 18.5. The van der Waals surface area contributed by atoms with Crippen molar-refractivity contribution in [1.29, 1.82) is 0 Å². The SMILES string of the molecule is CCCCCCCc1c(S(=O)(=O)[O-])cc2ccccc2c1CCCCCCC.[K+]. The zero-order valence-corrected chi connectivity index (χ0v) is 22.4. The van der Waals surface area contributed by atoms with Crippen molar-refractivity contribution in [3.05, 3.63) is 41.5 Å².